The van der Waals surface area contributed by atoms with Gasteiger partial charge >= 0.3 is 5.97 Å². The van der Waals surface area contributed by atoms with Gasteiger partial charge in [-0.2, -0.15) is 17.0 Å². The molecule has 0 amide bonds. The Morgan fingerprint density at radius 2 is 1.75 bits per heavy atom. The standard InChI is InChI=1S/C16H28N2O5S/c1-22-16(19)15-11-14(13-5-3-2-4-6-13)12-18(15)24(20,21)17-7-9-23-10-8-17/h13-15H,2-12H2,1H3/t14?,15-/m0/s1. The first-order valence-electron chi connectivity index (χ1n) is 8.96. The second-order valence-corrected chi connectivity index (χ2v) is 8.90. The average Bonchev–Trinajstić information content (AvgIpc) is 3.09. The van der Waals surface area contributed by atoms with Gasteiger partial charge in [-0.15, -0.1) is 0 Å². The lowest BCUT2D eigenvalue weighted by Gasteiger charge is -2.32. The Morgan fingerprint density at radius 3 is 2.38 bits per heavy atom. The summed E-state index contributed by atoms with van der Waals surface area (Å²) in [7, 11) is -2.32. The van der Waals surface area contributed by atoms with E-state index in [0.717, 1.165) is 12.8 Å². The molecule has 0 aromatic heterocycles. The smallest absolute Gasteiger partial charge is 0.324 e. The molecule has 1 saturated carbocycles. The predicted octanol–water partition coefficient (Wildman–Crippen LogP) is 1.01. The molecule has 2 saturated heterocycles. The first-order chi connectivity index (χ1) is 11.5. The Hall–Kier alpha value is -0.700. The molecule has 3 fully saturated rings. The molecule has 138 valence electrons. The van der Waals surface area contributed by atoms with Crippen molar-refractivity contribution in [3.63, 3.8) is 0 Å². The van der Waals surface area contributed by atoms with Crippen molar-refractivity contribution in [3.05, 3.63) is 0 Å². The molecule has 0 aromatic carbocycles. The lowest BCUT2D eigenvalue weighted by Crippen LogP contribution is -2.51. The first kappa shape index (κ1) is 18.1. The van der Waals surface area contributed by atoms with Crippen molar-refractivity contribution in [1.82, 2.24) is 8.61 Å². The molecule has 7 nitrogen and oxygen atoms in total. The highest BCUT2D eigenvalue weighted by Crippen LogP contribution is 2.39. The van der Waals surface area contributed by atoms with Gasteiger partial charge in [-0.25, -0.2) is 0 Å². The molecule has 0 aromatic rings. The Bertz CT molecular complexity index is 541. The van der Waals surface area contributed by atoms with Gasteiger partial charge in [0, 0.05) is 19.6 Å². The third kappa shape index (κ3) is 3.61. The van der Waals surface area contributed by atoms with Gasteiger partial charge in [-0.05, 0) is 18.3 Å². The zero-order valence-corrected chi connectivity index (χ0v) is 15.2. The molecule has 2 atom stereocenters. The molecule has 0 bridgehead atoms. The van der Waals surface area contributed by atoms with Gasteiger partial charge in [0.1, 0.15) is 6.04 Å². The predicted molar refractivity (Wildman–Crippen MR) is 88.5 cm³/mol. The van der Waals surface area contributed by atoms with E-state index >= 15 is 0 Å². The fourth-order valence-corrected chi connectivity index (χ4v) is 6.10. The number of esters is 1. The number of methoxy groups -OCH3 is 1. The topological polar surface area (TPSA) is 76.2 Å². The Balaban J connectivity index is 1.78. The maximum atomic E-state index is 13.0. The summed E-state index contributed by atoms with van der Waals surface area (Å²) >= 11 is 0. The maximum Gasteiger partial charge on any atom is 0.324 e. The number of hydrogen-bond donors (Lipinski definition) is 0. The highest BCUT2D eigenvalue weighted by atomic mass is 32.2. The lowest BCUT2D eigenvalue weighted by molar-refractivity contribution is -0.144. The maximum absolute atomic E-state index is 13.0. The van der Waals surface area contributed by atoms with Gasteiger partial charge in [-0.3, -0.25) is 4.79 Å². The molecule has 8 heteroatoms. The zero-order chi connectivity index (χ0) is 17.2. The van der Waals surface area contributed by atoms with Gasteiger partial charge in [0.05, 0.1) is 20.3 Å². The number of nitrogens with zero attached hydrogens (tertiary/aromatic N) is 2. The number of carbonyl (C=O) groups is 1. The van der Waals surface area contributed by atoms with E-state index in [0.29, 0.717) is 45.2 Å². The number of carbonyl (C=O) groups excluding carboxylic acids is 1. The van der Waals surface area contributed by atoms with Crippen LogP contribution in [0.2, 0.25) is 0 Å². The molecule has 24 heavy (non-hydrogen) atoms. The summed E-state index contributed by atoms with van der Waals surface area (Å²) in [5.41, 5.74) is 0. The van der Waals surface area contributed by atoms with Crippen LogP contribution in [-0.4, -0.2) is 69.0 Å². The largest absolute Gasteiger partial charge is 0.468 e. The van der Waals surface area contributed by atoms with Gasteiger partial charge in [0.2, 0.25) is 0 Å². The molecule has 2 heterocycles. The minimum Gasteiger partial charge on any atom is -0.468 e. The van der Waals surface area contributed by atoms with Crippen LogP contribution >= 0.6 is 0 Å². The molecule has 0 spiro atoms. The van der Waals surface area contributed by atoms with Crippen LogP contribution in [0.1, 0.15) is 38.5 Å². The van der Waals surface area contributed by atoms with E-state index in [2.05, 4.69) is 0 Å². The van der Waals surface area contributed by atoms with Crippen LogP contribution in [0.5, 0.6) is 0 Å². The van der Waals surface area contributed by atoms with Crippen LogP contribution in [0, 0.1) is 11.8 Å². The third-order valence-electron chi connectivity index (χ3n) is 5.67. The molecular formula is C16H28N2O5S. The van der Waals surface area contributed by atoms with Crippen molar-refractivity contribution in [2.24, 2.45) is 11.8 Å². The van der Waals surface area contributed by atoms with Crippen molar-refractivity contribution in [2.45, 2.75) is 44.6 Å². The summed E-state index contributed by atoms with van der Waals surface area (Å²) in [4.78, 5) is 12.2. The van der Waals surface area contributed by atoms with Crippen LogP contribution in [0.4, 0.5) is 0 Å². The van der Waals surface area contributed by atoms with Crippen LogP contribution in [0.15, 0.2) is 0 Å². The minimum atomic E-state index is -3.65. The normalized spacial score (nSPS) is 31.2. The van der Waals surface area contributed by atoms with Crippen molar-refractivity contribution < 1.29 is 22.7 Å². The molecular weight excluding hydrogens is 332 g/mol. The fraction of sp³-hybridized carbons (Fsp3) is 0.938. The van der Waals surface area contributed by atoms with Gasteiger partial charge < -0.3 is 9.47 Å². The quantitative estimate of drug-likeness (QED) is 0.699. The summed E-state index contributed by atoms with van der Waals surface area (Å²) in [5, 5.41) is 0. The van der Waals surface area contributed by atoms with E-state index < -0.39 is 22.2 Å². The van der Waals surface area contributed by atoms with E-state index in [1.807, 2.05) is 0 Å². The molecule has 1 unspecified atom stereocenters. The summed E-state index contributed by atoms with van der Waals surface area (Å²) in [6, 6.07) is -0.685. The molecule has 0 radical (unpaired) electrons. The van der Waals surface area contributed by atoms with E-state index in [-0.39, 0.29) is 5.92 Å². The zero-order valence-electron chi connectivity index (χ0n) is 14.4. The number of ether oxygens (including phenoxy) is 2. The van der Waals surface area contributed by atoms with Crippen LogP contribution in [-0.2, 0) is 24.5 Å². The molecule has 1 aliphatic carbocycles. The van der Waals surface area contributed by atoms with Crippen molar-refractivity contribution in [2.75, 3.05) is 40.0 Å². The summed E-state index contributed by atoms with van der Waals surface area (Å²) in [6.07, 6.45) is 6.55. The average molecular weight is 360 g/mol. The minimum absolute atomic E-state index is 0.255. The van der Waals surface area contributed by atoms with Crippen molar-refractivity contribution in [1.29, 1.82) is 0 Å². The molecule has 3 rings (SSSR count). The molecule has 0 N–H and O–H groups in total. The molecule has 2 aliphatic heterocycles. The Labute approximate surface area is 144 Å². The van der Waals surface area contributed by atoms with E-state index in [1.165, 1.54) is 35.0 Å². The summed E-state index contributed by atoms with van der Waals surface area (Å²) < 4.78 is 39.1. The van der Waals surface area contributed by atoms with E-state index in [9.17, 15) is 13.2 Å². The van der Waals surface area contributed by atoms with Gasteiger partial charge in [0.25, 0.3) is 10.2 Å². The third-order valence-corrected chi connectivity index (χ3v) is 7.68. The number of rotatable bonds is 4. The van der Waals surface area contributed by atoms with Gasteiger partial charge in [0.15, 0.2) is 0 Å². The van der Waals surface area contributed by atoms with Crippen LogP contribution in [0.3, 0.4) is 0 Å². The Morgan fingerprint density at radius 1 is 1.08 bits per heavy atom. The molecule has 3 aliphatic rings. The number of morpholine rings is 1. The SMILES string of the molecule is COC(=O)[C@@H]1CC(C2CCCCC2)CN1S(=O)(=O)N1CCOCC1. The van der Waals surface area contributed by atoms with E-state index in [4.69, 9.17) is 9.47 Å². The monoisotopic (exact) mass is 360 g/mol. The lowest BCUT2D eigenvalue weighted by atomic mass is 9.79. The summed E-state index contributed by atoms with van der Waals surface area (Å²) in [6.45, 7) is 1.94. The Kier molecular flexibility index (Phi) is 5.79. The van der Waals surface area contributed by atoms with Gasteiger partial charge in [-0.1, -0.05) is 32.1 Å². The van der Waals surface area contributed by atoms with E-state index in [1.54, 1.807) is 0 Å². The summed E-state index contributed by atoms with van der Waals surface area (Å²) in [5.74, 6) is 0.339. The van der Waals surface area contributed by atoms with Crippen molar-refractivity contribution >= 4 is 16.2 Å². The first-order valence-corrected chi connectivity index (χ1v) is 10.4. The highest BCUT2D eigenvalue weighted by Gasteiger charge is 2.48. The second-order valence-electron chi connectivity index (χ2n) is 7.02. The fourth-order valence-electron chi connectivity index (χ4n) is 4.31. The second kappa shape index (κ2) is 7.68. The van der Waals surface area contributed by atoms with Crippen LogP contribution < -0.4 is 0 Å². The van der Waals surface area contributed by atoms with Crippen LogP contribution in [0.25, 0.3) is 0 Å². The van der Waals surface area contributed by atoms with Crippen molar-refractivity contribution in [3.8, 4) is 0 Å². The highest BCUT2D eigenvalue weighted by molar-refractivity contribution is 7.86. The number of hydrogen-bond acceptors (Lipinski definition) is 5.